The van der Waals surface area contributed by atoms with Gasteiger partial charge in [-0.1, -0.05) is 34.1 Å². The minimum Gasteiger partial charge on any atom is -1.00 e. The number of halogens is 2. The van der Waals surface area contributed by atoms with E-state index in [1.807, 2.05) is 60.2 Å². The van der Waals surface area contributed by atoms with Crippen LogP contribution in [0.1, 0.15) is 16.1 Å². The van der Waals surface area contributed by atoms with Gasteiger partial charge in [0.2, 0.25) is 12.3 Å². The molecule has 94 valence electrons. The smallest absolute Gasteiger partial charge is 0.227 e. The van der Waals surface area contributed by atoms with Crippen LogP contribution in [0.3, 0.4) is 0 Å². The van der Waals surface area contributed by atoms with Crippen LogP contribution in [0.2, 0.25) is 0 Å². The molecular weight excluding hydrogens is 405 g/mol. The fourth-order valence-electron chi connectivity index (χ4n) is 1.62. The third-order valence-corrected chi connectivity index (χ3v) is 3.18. The van der Waals surface area contributed by atoms with Crippen molar-refractivity contribution in [3.05, 3.63) is 64.4 Å². The summed E-state index contributed by atoms with van der Waals surface area (Å²) in [7, 11) is 0. The summed E-state index contributed by atoms with van der Waals surface area (Å²) in [6.45, 7) is 2.38. The second-order valence-corrected chi connectivity index (χ2v) is 4.82. The van der Waals surface area contributed by atoms with Crippen LogP contribution in [0, 0.1) is 6.92 Å². The Balaban J connectivity index is 0.00000162. The zero-order valence-corrected chi connectivity index (χ0v) is 13.7. The Hall–Kier alpha value is -0.750. The van der Waals surface area contributed by atoms with E-state index in [1.165, 1.54) is 0 Å². The van der Waals surface area contributed by atoms with Crippen LogP contribution in [-0.2, 0) is 6.54 Å². The van der Waals surface area contributed by atoms with Gasteiger partial charge in [-0.2, -0.15) is 4.57 Å². The van der Waals surface area contributed by atoms with E-state index in [4.69, 9.17) is 0 Å². The fourth-order valence-corrected chi connectivity index (χ4v) is 1.89. The average molecular weight is 418 g/mol. The number of pyridine rings is 1. The predicted molar refractivity (Wildman–Crippen MR) is 69.8 cm³/mol. The molecule has 2 rings (SSSR count). The van der Waals surface area contributed by atoms with E-state index in [9.17, 15) is 4.79 Å². The zero-order valence-electron chi connectivity index (χ0n) is 9.94. The molecule has 0 saturated heterocycles. The molecule has 0 spiro atoms. The van der Waals surface area contributed by atoms with Crippen LogP contribution in [0.5, 0.6) is 0 Å². The first-order chi connectivity index (χ1) is 8.16. The molecule has 0 bridgehead atoms. The molecule has 2 aromatic rings. The van der Waals surface area contributed by atoms with Crippen molar-refractivity contribution in [3.63, 3.8) is 0 Å². The Morgan fingerprint density at radius 1 is 1.17 bits per heavy atom. The number of nitrogens with zero attached hydrogens (tertiary/aromatic N) is 1. The second-order valence-electron chi connectivity index (χ2n) is 3.90. The molecule has 0 aliphatic rings. The summed E-state index contributed by atoms with van der Waals surface area (Å²) in [4.78, 5) is 12.0. The molecule has 0 fully saturated rings. The van der Waals surface area contributed by atoms with Crippen LogP contribution in [0.4, 0.5) is 0 Å². The van der Waals surface area contributed by atoms with Crippen molar-refractivity contribution in [2.45, 2.75) is 13.5 Å². The minimum absolute atomic E-state index is 0. The molecule has 18 heavy (non-hydrogen) atoms. The third-order valence-electron chi connectivity index (χ3n) is 2.65. The second kappa shape index (κ2) is 6.99. The molecule has 0 saturated carbocycles. The van der Waals surface area contributed by atoms with Crippen molar-refractivity contribution < 1.29 is 33.3 Å². The number of benzene rings is 1. The molecule has 1 aromatic carbocycles. The van der Waals surface area contributed by atoms with E-state index < -0.39 is 0 Å². The highest BCUT2D eigenvalue weighted by molar-refractivity contribution is 9.10. The molecule has 0 N–H and O–H groups in total. The van der Waals surface area contributed by atoms with Gasteiger partial charge in [0.15, 0.2) is 11.9 Å². The molecule has 0 aliphatic heterocycles. The van der Waals surface area contributed by atoms with Crippen molar-refractivity contribution in [1.29, 1.82) is 0 Å². The summed E-state index contributed by atoms with van der Waals surface area (Å²) in [5.41, 5.74) is 1.82. The molecule has 1 aromatic heterocycles. The van der Waals surface area contributed by atoms with Gasteiger partial charge in [0.25, 0.3) is 0 Å². The largest absolute Gasteiger partial charge is 1.00 e. The minimum atomic E-state index is 0. The summed E-state index contributed by atoms with van der Waals surface area (Å²) in [6, 6.07) is 13.3. The van der Waals surface area contributed by atoms with Crippen LogP contribution < -0.4 is 28.5 Å². The first kappa shape index (κ1) is 15.3. The molecule has 1 heterocycles. The van der Waals surface area contributed by atoms with Gasteiger partial charge in [-0.25, -0.2) is 0 Å². The highest BCUT2D eigenvalue weighted by Crippen LogP contribution is 2.10. The lowest BCUT2D eigenvalue weighted by molar-refractivity contribution is -0.689. The van der Waals surface area contributed by atoms with Crippen LogP contribution in [-0.4, -0.2) is 5.78 Å². The Morgan fingerprint density at radius 2 is 1.83 bits per heavy atom. The quantitative estimate of drug-likeness (QED) is 0.389. The molecule has 0 unspecified atom stereocenters. The summed E-state index contributed by atoms with van der Waals surface area (Å²) < 4.78 is 2.93. The monoisotopic (exact) mass is 417 g/mol. The number of rotatable bonds is 3. The first-order valence-electron chi connectivity index (χ1n) is 5.40. The van der Waals surface area contributed by atoms with Gasteiger partial charge >= 0.3 is 0 Å². The average Bonchev–Trinajstić information content (AvgIpc) is 2.33. The van der Waals surface area contributed by atoms with Gasteiger partial charge in [-0.15, -0.1) is 0 Å². The Kier molecular flexibility index (Phi) is 5.95. The molecule has 0 radical (unpaired) electrons. The van der Waals surface area contributed by atoms with Gasteiger partial charge in [0.1, 0.15) is 0 Å². The molecule has 0 atom stereocenters. The Labute approximate surface area is 132 Å². The van der Waals surface area contributed by atoms with E-state index in [2.05, 4.69) is 15.9 Å². The van der Waals surface area contributed by atoms with Crippen LogP contribution >= 0.6 is 15.9 Å². The lowest BCUT2D eigenvalue weighted by Gasteiger charge is -2.00. The maximum absolute atomic E-state index is 12.0. The Morgan fingerprint density at radius 3 is 2.44 bits per heavy atom. The molecule has 0 amide bonds. The Bertz CT molecular complexity index is 540. The maximum Gasteiger partial charge on any atom is 0.227 e. The number of hydrogen-bond acceptors (Lipinski definition) is 1. The predicted octanol–water partition coefficient (Wildman–Crippen LogP) is -0.0681. The number of carbonyl (C=O) groups excluding carboxylic acids is 1. The number of hydrogen-bond donors (Lipinski definition) is 0. The third kappa shape index (κ3) is 3.88. The molecule has 0 aliphatic carbocycles. The maximum atomic E-state index is 12.0. The highest BCUT2D eigenvalue weighted by atomic mass is 127. The van der Waals surface area contributed by atoms with Crippen molar-refractivity contribution in [3.8, 4) is 0 Å². The molecule has 2 nitrogen and oxygen atoms in total. The van der Waals surface area contributed by atoms with E-state index in [-0.39, 0.29) is 29.8 Å². The normalized spacial score (nSPS) is 9.67. The van der Waals surface area contributed by atoms with E-state index in [0.29, 0.717) is 6.54 Å². The SMILES string of the molecule is Cc1cccc[n+]1CC(=O)c1ccc(Br)cc1.[I-]. The lowest BCUT2D eigenvalue weighted by atomic mass is 10.1. The van der Waals surface area contributed by atoms with Crippen molar-refractivity contribution in [2.75, 3.05) is 0 Å². The summed E-state index contributed by atoms with van der Waals surface area (Å²) in [5, 5.41) is 0. The number of ketones is 1. The fraction of sp³-hybridized carbons (Fsp3) is 0.143. The number of carbonyl (C=O) groups is 1. The van der Waals surface area contributed by atoms with Gasteiger partial charge in [-0.3, -0.25) is 4.79 Å². The zero-order chi connectivity index (χ0) is 12.3. The van der Waals surface area contributed by atoms with Gasteiger partial charge in [0.05, 0.1) is 0 Å². The number of aromatic nitrogens is 1. The van der Waals surface area contributed by atoms with Crippen molar-refractivity contribution in [2.24, 2.45) is 0 Å². The molecule has 4 heteroatoms. The number of Topliss-reactive ketones (excluding diaryl/α,β-unsaturated/α-hetero) is 1. The standard InChI is InChI=1S/C14H13BrNO.HI/c1-11-4-2-3-9-16(11)10-14(17)12-5-7-13(15)8-6-12;/h2-9H,10H2,1H3;1H/q+1;/p-1. The van der Waals surface area contributed by atoms with E-state index in [0.717, 1.165) is 15.7 Å². The van der Waals surface area contributed by atoms with Gasteiger partial charge in [0, 0.05) is 29.1 Å². The number of aryl methyl sites for hydroxylation is 1. The summed E-state index contributed by atoms with van der Waals surface area (Å²) >= 11 is 3.36. The van der Waals surface area contributed by atoms with Gasteiger partial charge < -0.3 is 24.0 Å². The van der Waals surface area contributed by atoms with E-state index in [1.54, 1.807) is 0 Å². The highest BCUT2D eigenvalue weighted by Gasteiger charge is 2.13. The van der Waals surface area contributed by atoms with Crippen molar-refractivity contribution >= 4 is 21.7 Å². The van der Waals surface area contributed by atoms with Crippen LogP contribution in [0.25, 0.3) is 0 Å². The van der Waals surface area contributed by atoms with E-state index >= 15 is 0 Å². The van der Waals surface area contributed by atoms with Gasteiger partial charge in [-0.05, 0) is 12.1 Å². The van der Waals surface area contributed by atoms with Crippen molar-refractivity contribution in [1.82, 2.24) is 0 Å². The molecular formula is C14H13BrINO. The first-order valence-corrected chi connectivity index (χ1v) is 6.20. The van der Waals surface area contributed by atoms with Crippen LogP contribution in [0.15, 0.2) is 53.1 Å². The lowest BCUT2D eigenvalue weighted by Crippen LogP contribution is -3.00. The summed E-state index contributed by atoms with van der Waals surface area (Å²) in [5.74, 6) is 0.122. The summed E-state index contributed by atoms with van der Waals surface area (Å²) in [6.07, 6.45) is 1.92. The topological polar surface area (TPSA) is 20.9 Å².